The van der Waals surface area contributed by atoms with Crippen molar-refractivity contribution in [2.24, 2.45) is 0 Å². The Kier molecular flexibility index (Phi) is 4.45. The van der Waals surface area contributed by atoms with Crippen molar-refractivity contribution in [2.75, 3.05) is 0 Å². The van der Waals surface area contributed by atoms with Gasteiger partial charge in [-0.25, -0.2) is 9.59 Å². The summed E-state index contributed by atoms with van der Waals surface area (Å²) in [5, 5.41) is 18.2. The zero-order chi connectivity index (χ0) is 15.4. The van der Waals surface area contributed by atoms with E-state index < -0.39 is 11.9 Å². The summed E-state index contributed by atoms with van der Waals surface area (Å²) in [4.78, 5) is 21.8. The lowest BCUT2D eigenvalue weighted by atomic mass is 10.1. The molecule has 0 aliphatic heterocycles. The molecule has 0 unspecified atom stereocenters. The molecule has 2 rings (SSSR count). The summed E-state index contributed by atoms with van der Waals surface area (Å²) < 4.78 is 5.45. The summed E-state index contributed by atoms with van der Waals surface area (Å²) >= 11 is 5.75. The highest BCUT2D eigenvalue weighted by atomic mass is 35.5. The number of benzene rings is 2. The molecule has 0 spiro atoms. The van der Waals surface area contributed by atoms with E-state index in [0.29, 0.717) is 5.02 Å². The van der Waals surface area contributed by atoms with E-state index in [4.69, 9.17) is 26.6 Å². The fraction of sp³-hybridized carbons (Fsp3) is 0.0667. The molecule has 0 heterocycles. The van der Waals surface area contributed by atoms with Gasteiger partial charge in [-0.05, 0) is 35.9 Å². The van der Waals surface area contributed by atoms with Gasteiger partial charge in [-0.2, -0.15) is 0 Å². The minimum absolute atomic E-state index is 0.0235. The number of halogens is 1. The van der Waals surface area contributed by atoms with Gasteiger partial charge >= 0.3 is 11.9 Å². The molecular formula is C15H11ClO5. The topological polar surface area (TPSA) is 83.8 Å². The maximum Gasteiger partial charge on any atom is 0.339 e. The molecule has 5 nitrogen and oxygen atoms in total. The Bertz CT molecular complexity index is 679. The third-order valence-electron chi connectivity index (χ3n) is 2.77. The summed E-state index contributed by atoms with van der Waals surface area (Å²) in [5.41, 5.74) is 0.882. The van der Waals surface area contributed by atoms with Gasteiger partial charge in [-0.1, -0.05) is 23.7 Å². The van der Waals surface area contributed by atoms with Gasteiger partial charge in [0, 0.05) is 5.02 Å². The lowest BCUT2D eigenvalue weighted by Crippen LogP contribution is -2.04. The van der Waals surface area contributed by atoms with Crippen LogP contribution < -0.4 is 4.74 Å². The quantitative estimate of drug-likeness (QED) is 0.885. The number of hydrogen-bond donors (Lipinski definition) is 2. The van der Waals surface area contributed by atoms with Crippen molar-refractivity contribution in [1.29, 1.82) is 0 Å². The van der Waals surface area contributed by atoms with Crippen molar-refractivity contribution in [1.82, 2.24) is 0 Å². The van der Waals surface area contributed by atoms with Crippen molar-refractivity contribution in [2.45, 2.75) is 6.61 Å². The number of ether oxygens (including phenoxy) is 1. The third-order valence-corrected chi connectivity index (χ3v) is 3.00. The Hall–Kier alpha value is -2.53. The van der Waals surface area contributed by atoms with Crippen LogP contribution in [-0.2, 0) is 6.61 Å². The van der Waals surface area contributed by atoms with Crippen LogP contribution in [0, 0.1) is 0 Å². The fourth-order valence-electron chi connectivity index (χ4n) is 1.70. The molecule has 2 aromatic carbocycles. The second kappa shape index (κ2) is 6.28. The van der Waals surface area contributed by atoms with Crippen LogP contribution >= 0.6 is 11.6 Å². The van der Waals surface area contributed by atoms with Crippen LogP contribution in [0.25, 0.3) is 0 Å². The standard InChI is InChI=1S/C15H11ClO5/c16-11-5-6-13(12(7-11)15(19)20)21-8-9-1-3-10(4-2-9)14(17)18/h1-7H,8H2,(H,17,18)(H,19,20). The molecule has 0 aromatic heterocycles. The molecule has 0 saturated heterocycles. The van der Waals surface area contributed by atoms with Gasteiger partial charge in [0.25, 0.3) is 0 Å². The van der Waals surface area contributed by atoms with E-state index >= 15 is 0 Å². The first-order valence-corrected chi connectivity index (χ1v) is 6.33. The zero-order valence-corrected chi connectivity index (χ0v) is 11.5. The van der Waals surface area contributed by atoms with Gasteiger partial charge in [0.05, 0.1) is 5.56 Å². The largest absolute Gasteiger partial charge is 0.488 e. The zero-order valence-electron chi connectivity index (χ0n) is 10.7. The van der Waals surface area contributed by atoms with Crippen molar-refractivity contribution in [3.05, 3.63) is 64.2 Å². The summed E-state index contributed by atoms with van der Waals surface area (Å²) in [5.74, 6) is -1.93. The highest BCUT2D eigenvalue weighted by Gasteiger charge is 2.12. The molecule has 0 saturated carbocycles. The molecule has 0 atom stereocenters. The molecule has 21 heavy (non-hydrogen) atoms. The Labute approximate surface area is 125 Å². The average Bonchev–Trinajstić information content (AvgIpc) is 2.46. The molecule has 0 amide bonds. The molecule has 0 aliphatic carbocycles. The second-order valence-corrected chi connectivity index (χ2v) is 4.67. The van der Waals surface area contributed by atoms with Crippen LogP contribution in [0.4, 0.5) is 0 Å². The third kappa shape index (κ3) is 3.73. The molecule has 2 N–H and O–H groups in total. The average molecular weight is 307 g/mol. The molecule has 0 aliphatic rings. The first kappa shape index (κ1) is 14.9. The number of carbonyl (C=O) groups is 2. The number of hydrogen-bond acceptors (Lipinski definition) is 3. The Morgan fingerprint density at radius 1 is 1.00 bits per heavy atom. The first-order valence-electron chi connectivity index (χ1n) is 5.95. The van der Waals surface area contributed by atoms with E-state index in [1.54, 1.807) is 12.1 Å². The summed E-state index contributed by atoms with van der Waals surface area (Å²) in [6.07, 6.45) is 0. The van der Waals surface area contributed by atoms with Gasteiger partial charge in [0.15, 0.2) is 0 Å². The minimum atomic E-state index is -1.13. The van der Waals surface area contributed by atoms with Gasteiger partial charge in [0.1, 0.15) is 17.9 Å². The van der Waals surface area contributed by atoms with Crippen LogP contribution in [-0.4, -0.2) is 22.2 Å². The van der Waals surface area contributed by atoms with Gasteiger partial charge in [-0.3, -0.25) is 0 Å². The predicted octanol–water partition coefficient (Wildman–Crippen LogP) is 3.32. The number of rotatable bonds is 5. The van der Waals surface area contributed by atoms with Gasteiger partial charge in [0.2, 0.25) is 0 Å². The number of carboxylic acids is 2. The molecule has 6 heteroatoms. The Balaban J connectivity index is 2.13. The summed E-state index contributed by atoms with van der Waals surface area (Å²) in [7, 11) is 0. The van der Waals surface area contributed by atoms with Crippen molar-refractivity contribution < 1.29 is 24.5 Å². The minimum Gasteiger partial charge on any atom is -0.488 e. The molecule has 0 fully saturated rings. The second-order valence-electron chi connectivity index (χ2n) is 4.24. The molecule has 108 valence electrons. The van der Waals surface area contributed by atoms with Crippen LogP contribution in [0.5, 0.6) is 5.75 Å². The maximum atomic E-state index is 11.1. The van der Waals surface area contributed by atoms with Crippen molar-refractivity contribution in [3.63, 3.8) is 0 Å². The monoisotopic (exact) mass is 306 g/mol. The van der Waals surface area contributed by atoms with Crippen LogP contribution in [0.15, 0.2) is 42.5 Å². The maximum absolute atomic E-state index is 11.1. The molecule has 2 aromatic rings. The van der Waals surface area contributed by atoms with Gasteiger partial charge in [-0.15, -0.1) is 0 Å². The lowest BCUT2D eigenvalue weighted by molar-refractivity contribution is 0.0682. The molecular weight excluding hydrogens is 296 g/mol. The number of aromatic carboxylic acids is 2. The van der Waals surface area contributed by atoms with E-state index in [1.807, 2.05) is 0 Å². The van der Waals surface area contributed by atoms with Crippen LogP contribution in [0.3, 0.4) is 0 Å². The lowest BCUT2D eigenvalue weighted by Gasteiger charge is -2.09. The summed E-state index contributed by atoms with van der Waals surface area (Å²) in [6, 6.07) is 10.5. The van der Waals surface area contributed by atoms with Crippen LogP contribution in [0.1, 0.15) is 26.3 Å². The SMILES string of the molecule is O=C(O)c1ccc(COc2ccc(Cl)cc2C(=O)O)cc1. The van der Waals surface area contributed by atoms with E-state index in [0.717, 1.165) is 5.56 Å². The van der Waals surface area contributed by atoms with E-state index in [2.05, 4.69) is 0 Å². The van der Waals surface area contributed by atoms with E-state index in [9.17, 15) is 9.59 Å². The van der Waals surface area contributed by atoms with Crippen molar-refractivity contribution >= 4 is 23.5 Å². The Morgan fingerprint density at radius 3 is 2.24 bits per heavy atom. The van der Waals surface area contributed by atoms with Crippen LogP contribution in [0.2, 0.25) is 5.02 Å². The van der Waals surface area contributed by atoms with Crippen molar-refractivity contribution in [3.8, 4) is 5.75 Å². The smallest absolute Gasteiger partial charge is 0.339 e. The number of carboxylic acid groups (broad SMARTS) is 2. The van der Waals surface area contributed by atoms with E-state index in [-0.39, 0.29) is 23.5 Å². The molecule has 0 radical (unpaired) electrons. The van der Waals surface area contributed by atoms with E-state index in [1.165, 1.54) is 30.3 Å². The van der Waals surface area contributed by atoms with Gasteiger partial charge < -0.3 is 14.9 Å². The normalized spacial score (nSPS) is 10.1. The highest BCUT2D eigenvalue weighted by molar-refractivity contribution is 6.31. The Morgan fingerprint density at radius 2 is 1.67 bits per heavy atom. The summed E-state index contributed by atoms with van der Waals surface area (Å²) in [6.45, 7) is 0.127. The predicted molar refractivity (Wildman–Crippen MR) is 76.1 cm³/mol. The molecule has 0 bridgehead atoms. The first-order chi connectivity index (χ1) is 9.97. The fourth-order valence-corrected chi connectivity index (χ4v) is 1.87. The highest BCUT2D eigenvalue weighted by Crippen LogP contribution is 2.24.